The Bertz CT molecular complexity index is 206. The third kappa shape index (κ3) is 2.92. The summed E-state index contributed by atoms with van der Waals surface area (Å²) in [6, 6.07) is 0. The van der Waals surface area contributed by atoms with Crippen LogP contribution in [0.25, 0.3) is 0 Å². The third-order valence-corrected chi connectivity index (χ3v) is 3.96. The first-order valence-corrected chi connectivity index (χ1v) is 6.20. The number of rotatable bonds is 3. The monoisotopic (exact) mass is 212 g/mol. The van der Waals surface area contributed by atoms with Gasteiger partial charge in [0.2, 0.25) is 0 Å². The molecule has 0 bridgehead atoms. The molecule has 2 fully saturated rings. The number of hydrogen-bond acceptors (Lipinski definition) is 3. The molecule has 0 aliphatic carbocycles. The van der Waals surface area contributed by atoms with E-state index < -0.39 is 0 Å². The Hall–Kier alpha value is -0.120. The predicted molar refractivity (Wildman–Crippen MR) is 62.1 cm³/mol. The van der Waals surface area contributed by atoms with Gasteiger partial charge in [0.05, 0.1) is 0 Å². The SMILES string of the molecule is CC1(NCC2(C)CCCN2)CCOCC1. The predicted octanol–water partition coefficient (Wildman–Crippen LogP) is 1.29. The molecule has 0 spiro atoms. The van der Waals surface area contributed by atoms with Crippen LogP contribution in [-0.2, 0) is 4.74 Å². The Morgan fingerprint density at radius 3 is 2.53 bits per heavy atom. The molecule has 15 heavy (non-hydrogen) atoms. The molecular weight excluding hydrogens is 188 g/mol. The molecule has 3 heteroatoms. The van der Waals surface area contributed by atoms with Gasteiger partial charge in [-0.3, -0.25) is 0 Å². The fourth-order valence-corrected chi connectivity index (χ4v) is 2.52. The van der Waals surface area contributed by atoms with E-state index in [1.807, 2.05) is 0 Å². The molecule has 2 rings (SSSR count). The van der Waals surface area contributed by atoms with Crippen molar-refractivity contribution in [3.05, 3.63) is 0 Å². The zero-order chi connectivity index (χ0) is 10.8. The average Bonchev–Trinajstić information content (AvgIpc) is 2.65. The highest BCUT2D eigenvalue weighted by Crippen LogP contribution is 2.23. The van der Waals surface area contributed by atoms with Crippen LogP contribution in [0.5, 0.6) is 0 Å². The Balaban J connectivity index is 1.80. The van der Waals surface area contributed by atoms with E-state index in [9.17, 15) is 0 Å². The molecule has 0 aromatic carbocycles. The van der Waals surface area contributed by atoms with Crippen LogP contribution < -0.4 is 10.6 Å². The maximum absolute atomic E-state index is 5.41. The van der Waals surface area contributed by atoms with Crippen LogP contribution >= 0.6 is 0 Å². The summed E-state index contributed by atoms with van der Waals surface area (Å²) in [5.41, 5.74) is 0.618. The minimum Gasteiger partial charge on any atom is -0.381 e. The third-order valence-electron chi connectivity index (χ3n) is 3.96. The second-order valence-corrected chi connectivity index (χ2v) is 5.62. The van der Waals surface area contributed by atoms with Crippen LogP contribution in [-0.4, -0.2) is 37.4 Å². The van der Waals surface area contributed by atoms with Crippen LogP contribution in [0.1, 0.15) is 39.5 Å². The van der Waals surface area contributed by atoms with Crippen molar-refractivity contribution in [3.8, 4) is 0 Å². The van der Waals surface area contributed by atoms with Gasteiger partial charge in [0.1, 0.15) is 0 Å². The van der Waals surface area contributed by atoms with E-state index >= 15 is 0 Å². The molecule has 0 aromatic rings. The fraction of sp³-hybridized carbons (Fsp3) is 1.00. The average molecular weight is 212 g/mol. The summed E-state index contributed by atoms with van der Waals surface area (Å²) in [5, 5.41) is 7.33. The second-order valence-electron chi connectivity index (χ2n) is 5.62. The molecule has 1 unspecified atom stereocenters. The van der Waals surface area contributed by atoms with E-state index in [4.69, 9.17) is 4.74 Å². The first-order valence-electron chi connectivity index (χ1n) is 6.20. The lowest BCUT2D eigenvalue weighted by atomic mass is 9.90. The summed E-state index contributed by atoms with van der Waals surface area (Å²) >= 11 is 0. The molecule has 88 valence electrons. The largest absolute Gasteiger partial charge is 0.381 e. The lowest BCUT2D eigenvalue weighted by molar-refractivity contribution is 0.0428. The van der Waals surface area contributed by atoms with Crippen molar-refractivity contribution in [1.82, 2.24) is 10.6 Å². The normalized spacial score (nSPS) is 35.6. The van der Waals surface area contributed by atoms with Gasteiger partial charge in [0, 0.05) is 30.8 Å². The van der Waals surface area contributed by atoms with E-state index in [0.29, 0.717) is 11.1 Å². The first kappa shape index (κ1) is 11.4. The van der Waals surface area contributed by atoms with Crippen LogP contribution in [0, 0.1) is 0 Å². The van der Waals surface area contributed by atoms with Crippen molar-refractivity contribution in [2.75, 3.05) is 26.3 Å². The molecule has 2 heterocycles. The minimum absolute atomic E-state index is 0.297. The van der Waals surface area contributed by atoms with E-state index in [-0.39, 0.29) is 0 Å². The second kappa shape index (κ2) is 4.40. The molecule has 2 aliphatic rings. The van der Waals surface area contributed by atoms with Gasteiger partial charge in [0.25, 0.3) is 0 Å². The van der Waals surface area contributed by atoms with E-state index in [1.54, 1.807) is 0 Å². The molecular formula is C12H24N2O. The highest BCUT2D eigenvalue weighted by atomic mass is 16.5. The molecule has 0 saturated carbocycles. The zero-order valence-electron chi connectivity index (χ0n) is 10.1. The molecule has 3 nitrogen and oxygen atoms in total. The molecule has 0 radical (unpaired) electrons. The van der Waals surface area contributed by atoms with Gasteiger partial charge in [-0.1, -0.05) is 0 Å². The smallest absolute Gasteiger partial charge is 0.0483 e. The van der Waals surface area contributed by atoms with Gasteiger partial charge in [0.15, 0.2) is 0 Å². The van der Waals surface area contributed by atoms with Crippen molar-refractivity contribution in [3.63, 3.8) is 0 Å². The van der Waals surface area contributed by atoms with Gasteiger partial charge in [-0.05, 0) is 46.1 Å². The van der Waals surface area contributed by atoms with Crippen molar-refractivity contribution >= 4 is 0 Å². The highest BCUT2D eigenvalue weighted by molar-refractivity contribution is 4.95. The molecule has 0 amide bonds. The summed E-state index contributed by atoms with van der Waals surface area (Å²) in [4.78, 5) is 0. The number of ether oxygens (including phenoxy) is 1. The van der Waals surface area contributed by atoms with E-state index in [2.05, 4.69) is 24.5 Å². The van der Waals surface area contributed by atoms with Crippen LogP contribution in [0.2, 0.25) is 0 Å². The lowest BCUT2D eigenvalue weighted by Gasteiger charge is -2.38. The Labute approximate surface area is 93.0 Å². The van der Waals surface area contributed by atoms with Gasteiger partial charge >= 0.3 is 0 Å². The zero-order valence-corrected chi connectivity index (χ0v) is 10.1. The number of hydrogen-bond donors (Lipinski definition) is 2. The van der Waals surface area contributed by atoms with E-state index in [1.165, 1.54) is 19.4 Å². The van der Waals surface area contributed by atoms with Crippen LogP contribution in [0.3, 0.4) is 0 Å². The summed E-state index contributed by atoms with van der Waals surface area (Å²) in [6.45, 7) is 8.74. The molecule has 1 atom stereocenters. The quantitative estimate of drug-likeness (QED) is 0.739. The Kier molecular flexibility index (Phi) is 3.33. The minimum atomic E-state index is 0.297. The maximum Gasteiger partial charge on any atom is 0.0483 e. The van der Waals surface area contributed by atoms with Crippen LogP contribution in [0.4, 0.5) is 0 Å². The Morgan fingerprint density at radius 2 is 1.93 bits per heavy atom. The summed E-state index contributed by atoms with van der Waals surface area (Å²) in [6.07, 6.45) is 4.90. The van der Waals surface area contributed by atoms with Crippen molar-refractivity contribution < 1.29 is 4.74 Å². The van der Waals surface area contributed by atoms with Gasteiger partial charge in [-0.2, -0.15) is 0 Å². The van der Waals surface area contributed by atoms with Crippen LogP contribution in [0.15, 0.2) is 0 Å². The summed E-state index contributed by atoms with van der Waals surface area (Å²) in [7, 11) is 0. The lowest BCUT2D eigenvalue weighted by Crippen LogP contribution is -2.54. The highest BCUT2D eigenvalue weighted by Gasteiger charge is 2.32. The van der Waals surface area contributed by atoms with Crippen molar-refractivity contribution in [1.29, 1.82) is 0 Å². The molecule has 2 saturated heterocycles. The Morgan fingerprint density at radius 1 is 1.20 bits per heavy atom. The fourth-order valence-electron chi connectivity index (χ4n) is 2.52. The standard InChI is InChI=1S/C12H24N2O/c1-11(5-8-15-9-6-11)14-10-12(2)4-3-7-13-12/h13-14H,3-10H2,1-2H3. The summed E-state index contributed by atoms with van der Waals surface area (Å²) < 4.78 is 5.41. The summed E-state index contributed by atoms with van der Waals surface area (Å²) in [5.74, 6) is 0. The maximum atomic E-state index is 5.41. The first-order chi connectivity index (χ1) is 7.12. The van der Waals surface area contributed by atoms with Gasteiger partial charge in [-0.25, -0.2) is 0 Å². The van der Waals surface area contributed by atoms with E-state index in [0.717, 1.165) is 32.6 Å². The molecule has 0 aromatic heterocycles. The van der Waals surface area contributed by atoms with Crippen molar-refractivity contribution in [2.24, 2.45) is 0 Å². The van der Waals surface area contributed by atoms with Gasteiger partial charge in [-0.15, -0.1) is 0 Å². The van der Waals surface area contributed by atoms with Gasteiger partial charge < -0.3 is 15.4 Å². The van der Waals surface area contributed by atoms with Crippen molar-refractivity contribution in [2.45, 2.75) is 50.6 Å². The molecule has 2 N–H and O–H groups in total. The number of nitrogens with one attached hydrogen (secondary N) is 2. The molecule has 2 aliphatic heterocycles. The topological polar surface area (TPSA) is 33.3 Å².